The van der Waals surface area contributed by atoms with Crippen LogP contribution in [0.4, 0.5) is 17.1 Å². The Morgan fingerprint density at radius 1 is 0.973 bits per heavy atom. The van der Waals surface area contributed by atoms with E-state index in [0.29, 0.717) is 55.9 Å². The second-order valence-electron chi connectivity index (χ2n) is 22.4. The second kappa shape index (κ2) is 19.4. The summed E-state index contributed by atoms with van der Waals surface area (Å²) in [6, 6.07) is 20.7. The number of sulfonamides is 1. The number of aromatic amines is 1. The number of amides is 1. The molecule has 4 N–H and O–H groups in total. The lowest BCUT2D eigenvalue weighted by Crippen LogP contribution is -2.54. The van der Waals surface area contributed by atoms with Crippen molar-refractivity contribution in [2.45, 2.75) is 132 Å². The van der Waals surface area contributed by atoms with Crippen molar-refractivity contribution in [1.29, 1.82) is 0 Å². The fourth-order valence-electron chi connectivity index (χ4n) is 12.8. The zero-order chi connectivity index (χ0) is 50.8. The molecule has 17 nitrogen and oxygen atoms in total. The lowest BCUT2D eigenvalue weighted by molar-refractivity contribution is -0.384. The fraction of sp³-hybridized carbons (Fsp3) is 0.527. The first kappa shape index (κ1) is 49.3. The Kier molecular flexibility index (Phi) is 13.1. The first-order valence-corrected chi connectivity index (χ1v) is 27.7. The number of nitrogens with one attached hydrogen (secondary N) is 3. The number of pyridine rings is 1. The molecule has 3 atom stereocenters. The van der Waals surface area contributed by atoms with Gasteiger partial charge in [0.15, 0.2) is 17.2 Å². The highest BCUT2D eigenvalue weighted by Crippen LogP contribution is 2.55. The Balaban J connectivity index is 0.846. The van der Waals surface area contributed by atoms with Gasteiger partial charge in [-0.1, -0.05) is 38.1 Å². The second-order valence-corrected chi connectivity index (χ2v) is 24.1. The monoisotopic (exact) mass is 1020 g/mol. The molecule has 11 rings (SSSR count). The van der Waals surface area contributed by atoms with Crippen LogP contribution in [0.15, 0.2) is 77.8 Å². The number of ether oxygens (including phenoxy) is 3. The SMILES string of the molecule is CC(C)c1ccccc1[C@H]1CCCN1C1CC2(CCN(c3ccc(C(=O)NS(=O)(=O)c4cc5c(c([N+](=O)[O-])c4)N[C@@H]([C@H]4CC[C@](C)(O)CC4)CO5)c(Oc4cc5cc[nH]c5nc4O[C@@H]4CCN(C)C4)c3)CC2)C1. The molecule has 3 aromatic carbocycles. The molecule has 388 valence electrons. The summed E-state index contributed by atoms with van der Waals surface area (Å²) in [4.78, 5) is 41.0. The number of nitro benzene ring substituents is 1. The van der Waals surface area contributed by atoms with Crippen molar-refractivity contribution >= 4 is 44.0 Å². The van der Waals surface area contributed by atoms with Gasteiger partial charge in [-0.15, -0.1) is 0 Å². The van der Waals surface area contributed by atoms with E-state index in [-0.39, 0.29) is 64.5 Å². The summed E-state index contributed by atoms with van der Waals surface area (Å²) in [6.45, 7) is 10.8. The van der Waals surface area contributed by atoms with Gasteiger partial charge in [0.25, 0.3) is 27.5 Å². The van der Waals surface area contributed by atoms with Gasteiger partial charge in [-0.3, -0.25) is 19.8 Å². The molecule has 18 heteroatoms. The maximum absolute atomic E-state index is 14.5. The molecule has 2 aliphatic carbocycles. The van der Waals surface area contributed by atoms with Crippen molar-refractivity contribution in [1.82, 2.24) is 24.5 Å². The standard InChI is InChI=1S/C55H68N8O9S/c1-34(2)41-8-5-6-9-42(41)45-10-7-22-62(45)38-30-55(31-38)19-24-61(25-20-55)37-11-12-43(47(27-37)72-49-26-36-15-21-56-51(36)58-53(49)71-39-16-23-60(4)32-39)52(64)59-73(68,69)40-28-46(63(66)67)50-48(29-40)70-33-44(57-50)35-13-17-54(3,65)18-14-35/h5-6,8-9,11-12,15,21,26-29,34-35,38-39,44-45,57,65H,7,10,13-14,16-20,22-25,30-33H2,1-4H3,(H,56,58)(H,59,64)/t35-,39-,44-,45-,54-/m1/s1. The Hall–Kier alpha value is -5.95. The normalized spacial score (nSPS) is 25.5. The van der Waals surface area contributed by atoms with Crippen LogP contribution in [0.3, 0.4) is 0 Å². The van der Waals surface area contributed by atoms with Gasteiger partial charge in [0, 0.05) is 73.7 Å². The third-order valence-corrected chi connectivity index (χ3v) is 18.3. The number of likely N-dealkylation sites (tertiary alicyclic amines) is 2. The number of piperidine rings is 1. The van der Waals surface area contributed by atoms with E-state index in [9.17, 15) is 28.4 Å². The molecule has 5 aromatic rings. The van der Waals surface area contributed by atoms with Crippen LogP contribution in [0.1, 0.15) is 125 Å². The van der Waals surface area contributed by atoms with Crippen LogP contribution in [0.5, 0.6) is 23.1 Å². The number of nitrogens with zero attached hydrogens (tertiary/aromatic N) is 5. The number of benzene rings is 3. The van der Waals surface area contributed by atoms with Gasteiger partial charge in [-0.05, 0) is 144 Å². The zero-order valence-electron chi connectivity index (χ0n) is 42.3. The quantitative estimate of drug-likeness (QED) is 0.0641. The van der Waals surface area contributed by atoms with Crippen LogP contribution < -0.4 is 29.1 Å². The number of nitro groups is 1. The Labute approximate surface area is 427 Å². The van der Waals surface area contributed by atoms with Crippen LogP contribution >= 0.6 is 0 Å². The summed E-state index contributed by atoms with van der Waals surface area (Å²) in [5, 5.41) is 27.0. The topological polar surface area (TPSA) is 205 Å². The molecule has 4 aliphatic heterocycles. The minimum Gasteiger partial charge on any atom is -0.489 e. The lowest BCUT2D eigenvalue weighted by atomic mass is 9.59. The van der Waals surface area contributed by atoms with Crippen molar-refractivity contribution in [2.24, 2.45) is 11.3 Å². The van der Waals surface area contributed by atoms with E-state index in [2.05, 4.69) is 67.8 Å². The van der Waals surface area contributed by atoms with Gasteiger partial charge in [-0.2, -0.15) is 4.98 Å². The predicted octanol–water partition coefficient (Wildman–Crippen LogP) is 9.29. The Bertz CT molecular complexity index is 3010. The van der Waals surface area contributed by atoms with Crippen molar-refractivity contribution < 1.29 is 37.5 Å². The number of carbonyl (C=O) groups excluding carboxylic acids is 1. The lowest BCUT2D eigenvalue weighted by Gasteiger charge is -2.56. The molecule has 0 bridgehead atoms. The van der Waals surface area contributed by atoms with Gasteiger partial charge in [-0.25, -0.2) is 13.1 Å². The summed E-state index contributed by atoms with van der Waals surface area (Å²) in [6.07, 6.45) is 11.8. The Morgan fingerprint density at radius 3 is 2.49 bits per heavy atom. The molecule has 2 saturated carbocycles. The summed E-state index contributed by atoms with van der Waals surface area (Å²) in [5.74, 6) is 0.182. The molecule has 73 heavy (non-hydrogen) atoms. The third-order valence-electron chi connectivity index (χ3n) is 17.0. The van der Waals surface area contributed by atoms with Gasteiger partial charge in [0.1, 0.15) is 24.1 Å². The van der Waals surface area contributed by atoms with Crippen LogP contribution in [-0.2, 0) is 10.0 Å². The summed E-state index contributed by atoms with van der Waals surface area (Å²) in [5.41, 5.74) is 3.40. The van der Waals surface area contributed by atoms with E-state index >= 15 is 0 Å². The number of rotatable bonds is 13. The highest BCUT2D eigenvalue weighted by Gasteiger charge is 2.50. The Morgan fingerprint density at radius 2 is 1.75 bits per heavy atom. The number of hydrogen-bond donors (Lipinski definition) is 4. The van der Waals surface area contributed by atoms with Gasteiger partial charge in [0.2, 0.25) is 0 Å². The number of anilines is 2. The summed E-state index contributed by atoms with van der Waals surface area (Å²) in [7, 11) is -2.68. The molecule has 6 aliphatic rings. The molecule has 3 saturated heterocycles. The van der Waals surface area contributed by atoms with Gasteiger partial charge >= 0.3 is 0 Å². The van der Waals surface area contributed by atoms with Crippen molar-refractivity contribution in [2.75, 3.05) is 56.6 Å². The molecule has 0 radical (unpaired) electrons. The molecular formula is C55H68N8O9S. The minimum absolute atomic E-state index is 0.00326. The average Bonchev–Trinajstić information content (AvgIpc) is 4.14. The van der Waals surface area contributed by atoms with Crippen LogP contribution in [0.25, 0.3) is 11.0 Å². The highest BCUT2D eigenvalue weighted by molar-refractivity contribution is 7.90. The number of hydrogen-bond acceptors (Lipinski definition) is 14. The summed E-state index contributed by atoms with van der Waals surface area (Å²) >= 11 is 0. The van der Waals surface area contributed by atoms with Crippen molar-refractivity contribution in [3.05, 3.63) is 99.7 Å². The third kappa shape index (κ3) is 9.95. The number of aliphatic hydroxyl groups is 1. The van der Waals surface area contributed by atoms with Crippen molar-refractivity contribution in [3.8, 4) is 23.1 Å². The smallest absolute Gasteiger partial charge is 0.297 e. The van der Waals surface area contributed by atoms with Gasteiger partial charge in [0.05, 0.1) is 27.0 Å². The molecule has 0 unspecified atom stereocenters. The molecule has 2 aromatic heterocycles. The summed E-state index contributed by atoms with van der Waals surface area (Å²) < 4.78 is 49.8. The molecular weight excluding hydrogens is 949 g/mol. The molecule has 1 spiro atoms. The first-order valence-electron chi connectivity index (χ1n) is 26.3. The first-order chi connectivity index (χ1) is 35.0. The molecule has 1 amide bonds. The maximum atomic E-state index is 14.5. The van der Waals surface area contributed by atoms with E-state index < -0.39 is 37.0 Å². The number of fused-ring (bicyclic) bond motifs is 2. The van der Waals surface area contributed by atoms with Crippen LogP contribution in [0.2, 0.25) is 0 Å². The van der Waals surface area contributed by atoms with E-state index in [4.69, 9.17) is 19.2 Å². The number of H-pyrrole nitrogens is 1. The highest BCUT2D eigenvalue weighted by atomic mass is 32.2. The van der Waals surface area contributed by atoms with E-state index in [1.54, 1.807) is 24.4 Å². The van der Waals surface area contributed by atoms with Crippen molar-refractivity contribution in [3.63, 3.8) is 0 Å². The average molecular weight is 1020 g/mol. The molecule has 6 heterocycles. The zero-order valence-corrected chi connectivity index (χ0v) is 43.1. The van der Waals surface area contributed by atoms with E-state index in [0.717, 1.165) is 62.6 Å². The van der Waals surface area contributed by atoms with Crippen LogP contribution in [-0.4, -0.2) is 114 Å². The number of carbonyl (C=O) groups is 1. The van der Waals surface area contributed by atoms with E-state index in [1.807, 2.05) is 26.1 Å². The maximum Gasteiger partial charge on any atom is 0.297 e. The van der Waals surface area contributed by atoms with Crippen LogP contribution in [0, 0.1) is 21.4 Å². The number of likely N-dealkylation sites (N-methyl/N-ethyl adjacent to an activating group) is 1. The predicted molar refractivity (Wildman–Crippen MR) is 278 cm³/mol. The minimum atomic E-state index is -4.72. The number of aromatic nitrogens is 2. The molecule has 5 fully saturated rings. The van der Waals surface area contributed by atoms with E-state index in [1.165, 1.54) is 42.9 Å². The largest absolute Gasteiger partial charge is 0.489 e. The fourth-order valence-corrected chi connectivity index (χ4v) is 13.8. The van der Waals surface area contributed by atoms with Gasteiger partial charge < -0.3 is 39.4 Å².